The second kappa shape index (κ2) is 10.00. The molecular weight excluding hydrogens is 594 g/mol. The standard InChI is InChI=1S/C14H15F4NO13S4/c1-12(2,3)31-11(21)8-4-7(10(20)19(22)33-13(15,16)34(23,24)25)5-9(6-8)32-36(29,30)14(17,18)35(26,27)28/h4-6,19H,1-3H3,(H,23,24,25)(H,26,27,28). The zero-order chi connectivity index (χ0) is 28.7. The molecule has 1 aromatic carbocycles. The van der Waals surface area contributed by atoms with E-state index in [1.165, 1.54) is 20.8 Å². The highest BCUT2D eigenvalue weighted by Crippen LogP contribution is 2.32. The molecule has 0 fully saturated rings. The first kappa shape index (κ1) is 31.9. The molecule has 14 nitrogen and oxygen atoms in total. The van der Waals surface area contributed by atoms with Gasteiger partial charge in [-0.25, -0.2) is 14.1 Å². The van der Waals surface area contributed by atoms with E-state index in [1.807, 2.05) is 0 Å². The first-order valence-corrected chi connectivity index (χ1v) is 13.6. The normalized spacial score (nSPS) is 14.7. The van der Waals surface area contributed by atoms with Gasteiger partial charge in [0.1, 0.15) is 11.4 Å². The molecule has 1 atom stereocenters. The van der Waals surface area contributed by atoms with Crippen molar-refractivity contribution >= 4 is 54.2 Å². The van der Waals surface area contributed by atoms with Gasteiger partial charge in [-0.05, 0) is 39.0 Å². The van der Waals surface area contributed by atoms with Gasteiger partial charge in [-0.2, -0.15) is 42.8 Å². The van der Waals surface area contributed by atoms with Crippen molar-refractivity contribution in [3.8, 4) is 5.75 Å². The van der Waals surface area contributed by atoms with Crippen LogP contribution in [0.3, 0.4) is 0 Å². The molecule has 0 aliphatic rings. The van der Waals surface area contributed by atoms with Gasteiger partial charge in [0.2, 0.25) is 0 Å². The number of amides is 1. The van der Waals surface area contributed by atoms with Crippen molar-refractivity contribution in [2.75, 3.05) is 0 Å². The maximum absolute atomic E-state index is 13.6. The van der Waals surface area contributed by atoms with Crippen molar-refractivity contribution in [1.29, 1.82) is 0 Å². The smallest absolute Gasteiger partial charge is 0.506 e. The Hall–Kier alpha value is -2.08. The van der Waals surface area contributed by atoms with Crippen molar-refractivity contribution in [1.82, 2.24) is 0 Å². The average molecular weight is 610 g/mol. The highest BCUT2D eigenvalue weighted by molar-refractivity contribution is 8.08. The SMILES string of the molecule is CC(C)(C)OC(=O)c1cc(OS(=O)(=O)C(F)(F)S(=O)(=O)O)cc(C(=O)[NH+]([O-])SC(F)(F)S(=O)(=O)O)c1. The summed E-state index contributed by atoms with van der Waals surface area (Å²) in [6.45, 7) is 3.98. The number of esters is 1. The lowest BCUT2D eigenvalue weighted by Crippen LogP contribution is -3.04. The lowest BCUT2D eigenvalue weighted by Gasteiger charge is -2.22. The summed E-state index contributed by atoms with van der Waals surface area (Å²) in [6, 6.07) is 0.839. The predicted octanol–water partition coefficient (Wildman–Crippen LogP) is 0.398. The van der Waals surface area contributed by atoms with E-state index in [-0.39, 0.29) is 6.07 Å². The monoisotopic (exact) mass is 609 g/mol. The number of halogens is 4. The number of carbonyl (C=O) groups is 2. The summed E-state index contributed by atoms with van der Waals surface area (Å²) in [5.41, 5.74) is -3.39. The second-order valence-corrected chi connectivity index (χ2v) is 13.5. The largest absolute Gasteiger partial charge is 0.613 e. The van der Waals surface area contributed by atoms with Gasteiger partial charge >= 0.3 is 51.4 Å². The van der Waals surface area contributed by atoms with Crippen LogP contribution in [0.1, 0.15) is 41.5 Å². The molecule has 1 rings (SSSR count). The van der Waals surface area contributed by atoms with Gasteiger partial charge in [-0.15, -0.1) is 0 Å². The Bertz CT molecular complexity index is 1370. The van der Waals surface area contributed by atoms with Gasteiger partial charge < -0.3 is 14.1 Å². The van der Waals surface area contributed by atoms with Gasteiger partial charge in [0.15, 0.2) is 11.9 Å². The van der Waals surface area contributed by atoms with E-state index in [0.717, 1.165) is 0 Å². The van der Waals surface area contributed by atoms with Gasteiger partial charge in [-0.3, -0.25) is 9.11 Å². The second-order valence-electron chi connectivity index (χ2n) is 7.38. The highest BCUT2D eigenvalue weighted by Gasteiger charge is 2.60. The number of hydrogen-bond donors (Lipinski definition) is 3. The summed E-state index contributed by atoms with van der Waals surface area (Å²) < 4.78 is 132. The molecule has 0 bridgehead atoms. The van der Waals surface area contributed by atoms with Crippen LogP contribution in [0.4, 0.5) is 17.6 Å². The maximum Gasteiger partial charge on any atom is 0.506 e. The molecule has 36 heavy (non-hydrogen) atoms. The number of alkyl halides is 4. The zero-order valence-electron chi connectivity index (χ0n) is 17.8. The van der Waals surface area contributed by atoms with E-state index >= 15 is 0 Å². The molecule has 1 aromatic rings. The third-order valence-electron chi connectivity index (χ3n) is 3.30. The summed E-state index contributed by atoms with van der Waals surface area (Å²) in [5.74, 6) is -4.94. The van der Waals surface area contributed by atoms with E-state index in [9.17, 15) is 57.6 Å². The van der Waals surface area contributed by atoms with Crippen LogP contribution >= 0.6 is 11.9 Å². The summed E-state index contributed by atoms with van der Waals surface area (Å²) in [4.78, 5) is 24.6. The number of nitrogens with one attached hydrogen (secondary N) is 1. The van der Waals surface area contributed by atoms with Crippen LogP contribution in [-0.2, 0) is 35.1 Å². The van der Waals surface area contributed by atoms with Crippen molar-refractivity contribution in [2.24, 2.45) is 0 Å². The quantitative estimate of drug-likeness (QED) is 0.0861. The minimum Gasteiger partial charge on any atom is -0.613 e. The molecule has 0 aromatic heterocycles. The van der Waals surface area contributed by atoms with Crippen LogP contribution in [-0.4, -0.2) is 61.0 Å². The number of carbonyl (C=O) groups excluding carboxylic acids is 2. The molecule has 3 N–H and O–H groups in total. The summed E-state index contributed by atoms with van der Waals surface area (Å²) in [5, 5.41) is 11.9. The van der Waals surface area contributed by atoms with Gasteiger partial charge in [0.05, 0.1) is 11.1 Å². The topological polar surface area (TPSA) is 223 Å². The third kappa shape index (κ3) is 7.47. The van der Waals surface area contributed by atoms with Crippen molar-refractivity contribution in [3.63, 3.8) is 0 Å². The first-order chi connectivity index (χ1) is 15.7. The maximum atomic E-state index is 13.6. The Labute approximate surface area is 204 Å². The molecular formula is C14H15F4NO13S4. The molecule has 206 valence electrons. The van der Waals surface area contributed by atoms with Gasteiger partial charge in [0.25, 0.3) is 0 Å². The summed E-state index contributed by atoms with van der Waals surface area (Å²) in [6.07, 6.45) is 0. The Morgan fingerprint density at radius 3 is 1.81 bits per heavy atom. The zero-order valence-corrected chi connectivity index (χ0v) is 21.0. The molecule has 0 aliphatic carbocycles. The Kier molecular flexibility index (Phi) is 8.87. The summed E-state index contributed by atoms with van der Waals surface area (Å²) in [7, 11) is -19.5. The molecule has 0 saturated carbocycles. The van der Waals surface area contributed by atoms with E-state index in [2.05, 4.69) is 4.18 Å². The van der Waals surface area contributed by atoms with Crippen molar-refractivity contribution < 1.29 is 74.9 Å². The molecule has 1 unspecified atom stereocenters. The molecule has 1 amide bonds. The minimum atomic E-state index is -6.63. The average Bonchev–Trinajstić information content (AvgIpc) is 2.63. The first-order valence-electron chi connectivity index (χ1n) is 8.52. The number of ether oxygens (including phenoxy) is 1. The molecule has 0 aliphatic heterocycles. The van der Waals surface area contributed by atoms with E-state index in [0.29, 0.717) is 12.1 Å². The number of hydrogen-bond acceptors (Lipinski definition) is 12. The third-order valence-corrected chi connectivity index (χ3v) is 8.23. The van der Waals surface area contributed by atoms with Gasteiger partial charge in [-0.1, -0.05) is 0 Å². The fourth-order valence-corrected chi connectivity index (χ4v) is 4.52. The molecule has 22 heteroatoms. The lowest BCUT2D eigenvalue weighted by molar-refractivity contribution is -0.594. The van der Waals surface area contributed by atoms with Crippen LogP contribution in [0.2, 0.25) is 0 Å². The summed E-state index contributed by atoms with van der Waals surface area (Å²) >= 11 is -1.50. The Morgan fingerprint density at radius 2 is 1.39 bits per heavy atom. The number of hydroxylamine groups is 1. The van der Waals surface area contributed by atoms with Crippen LogP contribution in [0.5, 0.6) is 5.75 Å². The lowest BCUT2D eigenvalue weighted by atomic mass is 10.1. The van der Waals surface area contributed by atoms with E-state index < -0.39 is 90.3 Å². The predicted molar refractivity (Wildman–Crippen MR) is 110 cm³/mol. The van der Waals surface area contributed by atoms with E-state index in [1.54, 1.807) is 0 Å². The fourth-order valence-electron chi connectivity index (χ4n) is 1.86. The van der Waals surface area contributed by atoms with Crippen molar-refractivity contribution in [2.45, 2.75) is 35.5 Å². The molecule has 0 spiro atoms. The molecule has 0 saturated heterocycles. The fraction of sp³-hybridized carbons (Fsp3) is 0.429. The van der Waals surface area contributed by atoms with Crippen molar-refractivity contribution in [3.05, 3.63) is 34.5 Å². The van der Waals surface area contributed by atoms with Gasteiger partial charge in [0, 0.05) is 0 Å². The molecule has 0 heterocycles. The van der Waals surface area contributed by atoms with E-state index in [4.69, 9.17) is 13.8 Å². The van der Waals surface area contributed by atoms with Crippen LogP contribution in [0.15, 0.2) is 18.2 Å². The number of rotatable bonds is 9. The number of quaternary nitrogens is 1. The Morgan fingerprint density at radius 1 is 0.917 bits per heavy atom. The number of benzene rings is 1. The van der Waals surface area contributed by atoms with Crippen LogP contribution in [0, 0.1) is 5.21 Å². The van der Waals surface area contributed by atoms with Crippen LogP contribution in [0.25, 0.3) is 0 Å². The minimum absolute atomic E-state index is 0.109. The highest BCUT2D eigenvalue weighted by atomic mass is 32.3. The molecule has 0 radical (unpaired) electrons. The Balaban J connectivity index is 3.63. The van der Waals surface area contributed by atoms with Crippen LogP contribution < -0.4 is 8.65 Å².